The topological polar surface area (TPSA) is 88.3 Å². The maximum atomic E-state index is 13.3. The number of carbonyl (C=O) groups is 2. The molecule has 0 bridgehead atoms. The molecule has 0 spiro atoms. The highest BCUT2D eigenvalue weighted by atomic mass is 35.5. The minimum atomic E-state index is -1.10. The van der Waals surface area contributed by atoms with E-state index in [-0.39, 0.29) is 10.7 Å². The van der Waals surface area contributed by atoms with Gasteiger partial charge in [0.1, 0.15) is 12.4 Å². The molecule has 1 amide bonds. The van der Waals surface area contributed by atoms with Gasteiger partial charge >= 0.3 is 5.97 Å². The number of halogens is 2. The third kappa shape index (κ3) is 3.70. The fourth-order valence-corrected chi connectivity index (χ4v) is 2.40. The Morgan fingerprint density at radius 1 is 1.42 bits per heavy atom. The Balaban J connectivity index is 2.35. The molecule has 0 saturated heterocycles. The predicted octanol–water partition coefficient (Wildman–Crippen LogP) is 2.31. The lowest BCUT2D eigenvalue weighted by Crippen LogP contribution is -2.36. The van der Waals surface area contributed by atoms with Crippen LogP contribution in [0.5, 0.6) is 0 Å². The monoisotopic (exact) mass is 354 g/mol. The maximum absolute atomic E-state index is 13.3. The minimum absolute atomic E-state index is 0.0464. The molecule has 7 nitrogen and oxygen atoms in total. The average molecular weight is 355 g/mol. The van der Waals surface area contributed by atoms with Gasteiger partial charge < -0.3 is 10.0 Å². The Hall–Kier alpha value is -2.48. The number of aliphatic carboxylic acids is 1. The van der Waals surface area contributed by atoms with Crippen LogP contribution in [0.4, 0.5) is 4.39 Å². The summed E-state index contributed by atoms with van der Waals surface area (Å²) in [7, 11) is 0. The van der Waals surface area contributed by atoms with Crippen LogP contribution in [-0.2, 0) is 4.79 Å². The Kier molecular flexibility index (Phi) is 5.50. The van der Waals surface area contributed by atoms with E-state index < -0.39 is 24.2 Å². The SMILES string of the molecule is CCCN(CC(=O)O)C(=O)c1nnn(-c2ccc(F)c(Cl)c2)c1C. The average Bonchev–Trinajstić information content (AvgIpc) is 2.90. The first kappa shape index (κ1) is 17.9. The van der Waals surface area contributed by atoms with Crippen molar-refractivity contribution in [1.82, 2.24) is 19.9 Å². The molecule has 0 fully saturated rings. The van der Waals surface area contributed by atoms with Gasteiger partial charge in [-0.05, 0) is 31.5 Å². The number of carbonyl (C=O) groups excluding carboxylic acids is 1. The number of rotatable bonds is 6. The summed E-state index contributed by atoms with van der Waals surface area (Å²) < 4.78 is 14.6. The highest BCUT2D eigenvalue weighted by Gasteiger charge is 2.24. The van der Waals surface area contributed by atoms with Gasteiger partial charge in [-0.15, -0.1) is 5.10 Å². The van der Waals surface area contributed by atoms with Crippen LogP contribution in [0.2, 0.25) is 5.02 Å². The Morgan fingerprint density at radius 2 is 2.12 bits per heavy atom. The second kappa shape index (κ2) is 7.39. The lowest BCUT2D eigenvalue weighted by molar-refractivity contribution is -0.137. The van der Waals surface area contributed by atoms with Crippen LogP contribution in [0, 0.1) is 12.7 Å². The second-order valence-electron chi connectivity index (χ2n) is 5.15. The van der Waals surface area contributed by atoms with E-state index in [9.17, 15) is 14.0 Å². The van der Waals surface area contributed by atoms with Crippen molar-refractivity contribution in [2.24, 2.45) is 0 Å². The zero-order chi connectivity index (χ0) is 17.9. The molecule has 1 aromatic carbocycles. The molecule has 24 heavy (non-hydrogen) atoms. The van der Waals surface area contributed by atoms with Crippen LogP contribution in [-0.4, -0.2) is 50.0 Å². The molecule has 0 radical (unpaired) electrons. The van der Waals surface area contributed by atoms with Crippen molar-refractivity contribution in [2.45, 2.75) is 20.3 Å². The maximum Gasteiger partial charge on any atom is 0.323 e. The minimum Gasteiger partial charge on any atom is -0.480 e. The fourth-order valence-electron chi connectivity index (χ4n) is 2.22. The molecule has 1 N–H and O–H groups in total. The van der Waals surface area contributed by atoms with E-state index in [0.29, 0.717) is 24.3 Å². The molecular formula is C15H16ClFN4O3. The van der Waals surface area contributed by atoms with Gasteiger partial charge in [-0.25, -0.2) is 9.07 Å². The molecule has 2 aromatic rings. The molecule has 1 aromatic heterocycles. The first-order valence-electron chi connectivity index (χ1n) is 7.24. The van der Waals surface area contributed by atoms with E-state index in [1.807, 2.05) is 6.92 Å². The van der Waals surface area contributed by atoms with E-state index >= 15 is 0 Å². The van der Waals surface area contributed by atoms with E-state index in [2.05, 4.69) is 10.3 Å². The van der Waals surface area contributed by atoms with Crippen LogP contribution in [0.3, 0.4) is 0 Å². The molecule has 0 aliphatic heterocycles. The van der Waals surface area contributed by atoms with Gasteiger partial charge in [-0.1, -0.05) is 23.7 Å². The molecule has 128 valence electrons. The number of carboxylic acids is 1. The fraction of sp³-hybridized carbons (Fsp3) is 0.333. The number of nitrogens with zero attached hydrogens (tertiary/aromatic N) is 4. The number of hydrogen-bond donors (Lipinski definition) is 1. The van der Waals surface area contributed by atoms with Gasteiger partial charge in [0.25, 0.3) is 5.91 Å². The van der Waals surface area contributed by atoms with E-state index in [4.69, 9.17) is 16.7 Å². The quantitative estimate of drug-likeness (QED) is 0.859. The van der Waals surface area contributed by atoms with Crippen molar-refractivity contribution in [3.05, 3.63) is 40.4 Å². The highest BCUT2D eigenvalue weighted by Crippen LogP contribution is 2.20. The van der Waals surface area contributed by atoms with Gasteiger partial charge in [0, 0.05) is 6.54 Å². The zero-order valence-corrected chi connectivity index (χ0v) is 13.9. The Morgan fingerprint density at radius 3 is 2.71 bits per heavy atom. The molecule has 0 atom stereocenters. The second-order valence-corrected chi connectivity index (χ2v) is 5.56. The third-order valence-electron chi connectivity index (χ3n) is 3.35. The molecule has 0 unspecified atom stereocenters. The summed E-state index contributed by atoms with van der Waals surface area (Å²) in [5, 5.41) is 16.6. The summed E-state index contributed by atoms with van der Waals surface area (Å²) in [5.41, 5.74) is 0.907. The summed E-state index contributed by atoms with van der Waals surface area (Å²) in [5.74, 6) is -2.19. The summed E-state index contributed by atoms with van der Waals surface area (Å²) in [6.07, 6.45) is 0.611. The first-order valence-corrected chi connectivity index (χ1v) is 7.61. The van der Waals surface area contributed by atoms with Gasteiger partial charge in [0.15, 0.2) is 5.69 Å². The largest absolute Gasteiger partial charge is 0.480 e. The zero-order valence-electron chi connectivity index (χ0n) is 13.2. The molecule has 9 heteroatoms. The normalized spacial score (nSPS) is 10.7. The summed E-state index contributed by atoms with van der Waals surface area (Å²) in [4.78, 5) is 24.6. The number of benzene rings is 1. The van der Waals surface area contributed by atoms with Crippen LogP contribution < -0.4 is 0 Å². The van der Waals surface area contributed by atoms with E-state index in [1.165, 1.54) is 27.8 Å². The number of carboxylic acid groups (broad SMARTS) is 1. The van der Waals surface area contributed by atoms with Crippen molar-refractivity contribution in [2.75, 3.05) is 13.1 Å². The summed E-state index contributed by atoms with van der Waals surface area (Å²) >= 11 is 5.76. The van der Waals surface area contributed by atoms with Gasteiger partial charge in [0.2, 0.25) is 0 Å². The highest BCUT2D eigenvalue weighted by molar-refractivity contribution is 6.30. The Labute approximate surface area is 142 Å². The van der Waals surface area contributed by atoms with Crippen molar-refractivity contribution in [3.63, 3.8) is 0 Å². The molecule has 2 rings (SSSR count). The van der Waals surface area contributed by atoms with Crippen LogP contribution in [0.25, 0.3) is 5.69 Å². The van der Waals surface area contributed by atoms with Crippen LogP contribution in [0.1, 0.15) is 29.5 Å². The van der Waals surface area contributed by atoms with Crippen molar-refractivity contribution in [1.29, 1.82) is 0 Å². The van der Waals surface area contributed by atoms with Gasteiger partial charge in [-0.2, -0.15) is 0 Å². The lowest BCUT2D eigenvalue weighted by atomic mass is 10.2. The molecule has 0 aliphatic carbocycles. The van der Waals surface area contributed by atoms with Crippen molar-refractivity contribution in [3.8, 4) is 5.69 Å². The first-order chi connectivity index (χ1) is 11.3. The van der Waals surface area contributed by atoms with Crippen LogP contribution in [0.15, 0.2) is 18.2 Å². The van der Waals surface area contributed by atoms with E-state index in [1.54, 1.807) is 6.92 Å². The molecular weight excluding hydrogens is 339 g/mol. The number of hydrogen-bond acceptors (Lipinski definition) is 4. The van der Waals surface area contributed by atoms with Crippen molar-refractivity contribution >= 4 is 23.5 Å². The molecule has 0 aliphatic rings. The number of aromatic nitrogens is 3. The van der Waals surface area contributed by atoms with Crippen molar-refractivity contribution < 1.29 is 19.1 Å². The summed E-state index contributed by atoms with van der Waals surface area (Å²) in [6, 6.07) is 4.01. The molecule has 1 heterocycles. The molecule has 0 saturated carbocycles. The predicted molar refractivity (Wildman–Crippen MR) is 84.9 cm³/mol. The van der Waals surface area contributed by atoms with Crippen LogP contribution >= 0.6 is 11.6 Å². The van der Waals surface area contributed by atoms with E-state index in [0.717, 1.165) is 0 Å². The third-order valence-corrected chi connectivity index (χ3v) is 3.64. The van der Waals surface area contributed by atoms with Gasteiger partial charge in [-0.3, -0.25) is 9.59 Å². The number of amides is 1. The van der Waals surface area contributed by atoms with Gasteiger partial charge in [0.05, 0.1) is 16.4 Å². The Bertz CT molecular complexity index is 778. The standard InChI is InChI=1S/C15H16ClFN4O3/c1-3-6-20(8-13(22)23)15(24)14-9(2)21(19-18-14)10-4-5-12(17)11(16)7-10/h4-5,7H,3,6,8H2,1-2H3,(H,22,23). The smallest absolute Gasteiger partial charge is 0.323 e. The summed E-state index contributed by atoms with van der Waals surface area (Å²) in [6.45, 7) is 3.34. The lowest BCUT2D eigenvalue weighted by Gasteiger charge is -2.18.